The Morgan fingerprint density at radius 3 is 2.81 bits per heavy atom. The van der Waals surface area contributed by atoms with Crippen molar-refractivity contribution in [3.63, 3.8) is 0 Å². The molecule has 0 atom stereocenters. The van der Waals surface area contributed by atoms with Crippen molar-refractivity contribution < 1.29 is 9.32 Å². The third-order valence-corrected chi connectivity index (χ3v) is 5.77. The van der Waals surface area contributed by atoms with Gasteiger partial charge < -0.3 is 9.84 Å². The number of carbonyl (C=O) groups is 1. The molecule has 140 valence electrons. The van der Waals surface area contributed by atoms with Gasteiger partial charge in [-0.2, -0.15) is 4.98 Å². The van der Waals surface area contributed by atoms with Crippen LogP contribution in [0.2, 0.25) is 0 Å². The van der Waals surface area contributed by atoms with Crippen LogP contribution in [0.5, 0.6) is 0 Å². The number of amides is 1. The molecule has 3 heterocycles. The molecule has 0 radical (unpaired) electrons. The van der Waals surface area contributed by atoms with Gasteiger partial charge in [0.25, 0.3) is 0 Å². The van der Waals surface area contributed by atoms with Crippen molar-refractivity contribution in [3.8, 4) is 10.7 Å². The predicted octanol–water partition coefficient (Wildman–Crippen LogP) is 3.92. The van der Waals surface area contributed by atoms with Crippen LogP contribution in [-0.4, -0.2) is 40.6 Å². The zero-order valence-electron chi connectivity index (χ0n) is 15.2. The number of benzene rings is 1. The molecule has 6 nitrogen and oxygen atoms in total. The van der Waals surface area contributed by atoms with E-state index in [1.807, 2.05) is 48.7 Å². The SMILES string of the molecule is Cc1ccccc1NC(=O)CN1CCC(c2nc(-c3cccs3)no2)CC1. The monoisotopic (exact) mass is 382 g/mol. The van der Waals surface area contributed by atoms with E-state index in [0.717, 1.165) is 42.1 Å². The van der Waals surface area contributed by atoms with E-state index < -0.39 is 0 Å². The Balaban J connectivity index is 1.29. The maximum absolute atomic E-state index is 12.3. The lowest BCUT2D eigenvalue weighted by Gasteiger charge is -2.29. The highest BCUT2D eigenvalue weighted by Gasteiger charge is 2.26. The molecule has 0 bridgehead atoms. The lowest BCUT2D eigenvalue weighted by Crippen LogP contribution is -2.38. The van der Waals surface area contributed by atoms with Crippen LogP contribution in [0.1, 0.15) is 30.2 Å². The summed E-state index contributed by atoms with van der Waals surface area (Å²) in [6.45, 7) is 4.10. The number of likely N-dealkylation sites (tertiary alicyclic amines) is 1. The first-order chi connectivity index (χ1) is 13.2. The summed E-state index contributed by atoms with van der Waals surface area (Å²) < 4.78 is 5.48. The average molecular weight is 382 g/mol. The van der Waals surface area contributed by atoms with E-state index in [1.54, 1.807) is 11.3 Å². The van der Waals surface area contributed by atoms with Gasteiger partial charge in [0.05, 0.1) is 11.4 Å². The number of carbonyl (C=O) groups excluding carboxylic acids is 1. The molecule has 27 heavy (non-hydrogen) atoms. The highest BCUT2D eigenvalue weighted by atomic mass is 32.1. The van der Waals surface area contributed by atoms with Gasteiger partial charge in [0, 0.05) is 11.6 Å². The van der Waals surface area contributed by atoms with Gasteiger partial charge in [0.1, 0.15) is 0 Å². The molecule has 0 aliphatic carbocycles. The fraction of sp³-hybridized carbons (Fsp3) is 0.350. The van der Waals surface area contributed by atoms with Crippen LogP contribution in [0, 0.1) is 6.92 Å². The number of piperidine rings is 1. The molecule has 1 amide bonds. The lowest BCUT2D eigenvalue weighted by atomic mass is 9.97. The average Bonchev–Trinajstić information content (AvgIpc) is 3.36. The fourth-order valence-electron chi connectivity index (χ4n) is 3.35. The van der Waals surface area contributed by atoms with Crippen molar-refractivity contribution in [1.82, 2.24) is 15.0 Å². The van der Waals surface area contributed by atoms with Crippen molar-refractivity contribution in [2.45, 2.75) is 25.7 Å². The second-order valence-electron chi connectivity index (χ2n) is 6.85. The van der Waals surface area contributed by atoms with E-state index >= 15 is 0 Å². The van der Waals surface area contributed by atoms with Gasteiger partial charge in [-0.25, -0.2) is 0 Å². The van der Waals surface area contributed by atoms with Gasteiger partial charge in [-0.1, -0.05) is 29.4 Å². The minimum Gasteiger partial charge on any atom is -0.339 e. The van der Waals surface area contributed by atoms with Crippen LogP contribution in [0.15, 0.2) is 46.3 Å². The van der Waals surface area contributed by atoms with Crippen LogP contribution in [-0.2, 0) is 4.79 Å². The quantitative estimate of drug-likeness (QED) is 0.724. The molecule has 3 aromatic rings. The fourth-order valence-corrected chi connectivity index (χ4v) is 4.00. The van der Waals surface area contributed by atoms with Gasteiger partial charge in [-0.3, -0.25) is 9.69 Å². The van der Waals surface area contributed by atoms with Gasteiger partial charge in [-0.05, 0) is 55.9 Å². The summed E-state index contributed by atoms with van der Waals surface area (Å²) in [5, 5.41) is 9.11. The number of hydrogen-bond donors (Lipinski definition) is 1. The number of rotatable bonds is 5. The van der Waals surface area contributed by atoms with Gasteiger partial charge in [0.2, 0.25) is 17.6 Å². The van der Waals surface area contributed by atoms with Crippen molar-refractivity contribution in [2.75, 3.05) is 25.0 Å². The second-order valence-corrected chi connectivity index (χ2v) is 7.79. The van der Waals surface area contributed by atoms with E-state index in [0.29, 0.717) is 18.3 Å². The number of thiophene rings is 1. The Morgan fingerprint density at radius 1 is 1.26 bits per heavy atom. The Morgan fingerprint density at radius 2 is 2.07 bits per heavy atom. The number of nitrogens with zero attached hydrogens (tertiary/aromatic N) is 3. The number of aryl methyl sites for hydroxylation is 1. The number of nitrogens with one attached hydrogen (secondary N) is 1. The third-order valence-electron chi connectivity index (χ3n) is 4.91. The molecular formula is C20H22N4O2S. The van der Waals surface area contributed by atoms with Crippen molar-refractivity contribution in [3.05, 3.63) is 53.2 Å². The van der Waals surface area contributed by atoms with Crippen LogP contribution >= 0.6 is 11.3 Å². The Bertz CT molecular complexity index is 898. The lowest BCUT2D eigenvalue weighted by molar-refractivity contribution is -0.117. The van der Waals surface area contributed by atoms with Crippen molar-refractivity contribution in [1.29, 1.82) is 0 Å². The van der Waals surface area contributed by atoms with E-state index in [9.17, 15) is 4.79 Å². The molecule has 1 fully saturated rings. The molecular weight excluding hydrogens is 360 g/mol. The number of anilines is 1. The molecule has 4 rings (SSSR count). The minimum absolute atomic E-state index is 0.0283. The van der Waals surface area contributed by atoms with Gasteiger partial charge in [-0.15, -0.1) is 11.3 Å². The molecule has 2 aromatic heterocycles. The predicted molar refractivity (Wildman–Crippen MR) is 106 cm³/mol. The van der Waals surface area contributed by atoms with Crippen LogP contribution in [0.25, 0.3) is 10.7 Å². The molecule has 1 saturated heterocycles. The number of aromatic nitrogens is 2. The first-order valence-electron chi connectivity index (χ1n) is 9.14. The molecule has 0 spiro atoms. The van der Waals surface area contributed by atoms with E-state index in [2.05, 4.69) is 20.4 Å². The Hall–Kier alpha value is -2.51. The molecule has 7 heteroatoms. The minimum atomic E-state index is 0.0283. The molecule has 1 aliphatic heterocycles. The van der Waals surface area contributed by atoms with Crippen LogP contribution in [0.4, 0.5) is 5.69 Å². The summed E-state index contributed by atoms with van der Waals surface area (Å²) in [6, 6.07) is 11.8. The summed E-state index contributed by atoms with van der Waals surface area (Å²) >= 11 is 1.61. The summed E-state index contributed by atoms with van der Waals surface area (Å²) in [6.07, 6.45) is 1.84. The smallest absolute Gasteiger partial charge is 0.238 e. The number of hydrogen-bond acceptors (Lipinski definition) is 6. The Kier molecular flexibility index (Phi) is 5.31. The molecule has 1 aromatic carbocycles. The molecule has 0 unspecified atom stereocenters. The second kappa shape index (κ2) is 8.02. The van der Waals surface area contributed by atoms with E-state index in [1.165, 1.54) is 0 Å². The van der Waals surface area contributed by atoms with Gasteiger partial charge in [0.15, 0.2) is 0 Å². The first-order valence-corrected chi connectivity index (χ1v) is 10.0. The highest BCUT2D eigenvalue weighted by Crippen LogP contribution is 2.29. The molecule has 1 N–H and O–H groups in total. The first kappa shape index (κ1) is 17.9. The van der Waals surface area contributed by atoms with Crippen LogP contribution in [0.3, 0.4) is 0 Å². The maximum atomic E-state index is 12.3. The molecule has 1 aliphatic rings. The molecule has 0 saturated carbocycles. The normalized spacial score (nSPS) is 15.7. The highest BCUT2D eigenvalue weighted by molar-refractivity contribution is 7.13. The maximum Gasteiger partial charge on any atom is 0.238 e. The zero-order chi connectivity index (χ0) is 18.6. The van der Waals surface area contributed by atoms with Crippen LogP contribution < -0.4 is 5.32 Å². The number of para-hydroxylation sites is 1. The zero-order valence-corrected chi connectivity index (χ0v) is 16.0. The third kappa shape index (κ3) is 4.26. The Labute approximate surface area is 162 Å². The van der Waals surface area contributed by atoms with Gasteiger partial charge >= 0.3 is 0 Å². The van der Waals surface area contributed by atoms with E-state index in [4.69, 9.17) is 4.52 Å². The standard InChI is InChI=1S/C20H22N4O2S/c1-14-5-2-3-6-16(14)21-18(25)13-24-10-8-15(9-11-24)20-22-19(23-26-20)17-7-4-12-27-17/h2-7,12,15H,8-11,13H2,1H3,(H,21,25). The summed E-state index contributed by atoms with van der Waals surface area (Å²) in [5.74, 6) is 1.67. The largest absolute Gasteiger partial charge is 0.339 e. The summed E-state index contributed by atoms with van der Waals surface area (Å²) in [4.78, 5) is 20.1. The summed E-state index contributed by atoms with van der Waals surface area (Å²) in [5.41, 5.74) is 1.95. The van der Waals surface area contributed by atoms with E-state index in [-0.39, 0.29) is 11.8 Å². The topological polar surface area (TPSA) is 71.3 Å². The van der Waals surface area contributed by atoms with Crippen molar-refractivity contribution >= 4 is 22.9 Å². The summed E-state index contributed by atoms with van der Waals surface area (Å²) in [7, 11) is 0. The van der Waals surface area contributed by atoms with Crippen molar-refractivity contribution in [2.24, 2.45) is 0 Å².